The molecular formula is C23H17ClN2O. The van der Waals surface area contributed by atoms with E-state index in [0.29, 0.717) is 17.1 Å². The zero-order valence-electron chi connectivity index (χ0n) is 14.5. The molecule has 0 atom stereocenters. The van der Waals surface area contributed by atoms with Gasteiger partial charge in [0.15, 0.2) is 0 Å². The van der Waals surface area contributed by atoms with Crippen molar-refractivity contribution in [3.8, 4) is 11.1 Å². The molecule has 0 saturated carbocycles. The highest BCUT2D eigenvalue weighted by Gasteiger charge is 2.08. The monoisotopic (exact) mass is 372 g/mol. The summed E-state index contributed by atoms with van der Waals surface area (Å²) < 4.78 is 0. The maximum Gasteiger partial charge on any atom is 0.251 e. The molecule has 4 heteroatoms. The molecule has 0 radical (unpaired) electrons. The quantitative estimate of drug-likeness (QED) is 0.515. The number of hydrogen-bond acceptors (Lipinski definition) is 2. The summed E-state index contributed by atoms with van der Waals surface area (Å²) >= 11 is 5.89. The molecule has 0 spiro atoms. The lowest BCUT2D eigenvalue weighted by atomic mass is 10.0. The first-order valence-electron chi connectivity index (χ1n) is 8.67. The molecule has 1 amide bonds. The van der Waals surface area contributed by atoms with Gasteiger partial charge in [0, 0.05) is 34.3 Å². The number of benzene rings is 3. The number of fused-ring (bicyclic) bond motifs is 1. The lowest BCUT2D eigenvalue weighted by Gasteiger charge is -2.08. The Morgan fingerprint density at radius 1 is 0.889 bits per heavy atom. The van der Waals surface area contributed by atoms with Crippen LogP contribution in [-0.2, 0) is 6.54 Å². The molecule has 27 heavy (non-hydrogen) atoms. The number of hydrogen-bond donors (Lipinski definition) is 1. The molecule has 4 aromatic rings. The summed E-state index contributed by atoms with van der Waals surface area (Å²) in [5, 5.41) is 4.70. The average molecular weight is 373 g/mol. The van der Waals surface area contributed by atoms with Gasteiger partial charge in [-0.15, -0.1) is 0 Å². The minimum atomic E-state index is -0.111. The van der Waals surface area contributed by atoms with Crippen molar-refractivity contribution >= 4 is 28.4 Å². The molecule has 0 saturated heterocycles. The molecule has 0 fully saturated rings. The van der Waals surface area contributed by atoms with Gasteiger partial charge in [-0.2, -0.15) is 0 Å². The number of amides is 1. The Morgan fingerprint density at radius 2 is 1.70 bits per heavy atom. The first kappa shape index (κ1) is 17.3. The van der Waals surface area contributed by atoms with Crippen LogP contribution in [0.15, 0.2) is 85.1 Å². The third-order valence-electron chi connectivity index (χ3n) is 4.41. The predicted octanol–water partition coefficient (Wildman–Crippen LogP) is 5.49. The molecule has 0 bridgehead atoms. The van der Waals surface area contributed by atoms with Gasteiger partial charge in [-0.05, 0) is 47.5 Å². The lowest BCUT2D eigenvalue weighted by Crippen LogP contribution is -2.22. The molecular weight excluding hydrogens is 356 g/mol. The summed E-state index contributed by atoms with van der Waals surface area (Å²) in [7, 11) is 0. The van der Waals surface area contributed by atoms with Gasteiger partial charge in [0.1, 0.15) is 0 Å². The fourth-order valence-electron chi connectivity index (χ4n) is 2.96. The maximum absolute atomic E-state index is 12.5. The van der Waals surface area contributed by atoms with Crippen LogP contribution in [0.3, 0.4) is 0 Å². The second-order valence-electron chi connectivity index (χ2n) is 6.31. The van der Waals surface area contributed by atoms with Crippen LogP contribution in [-0.4, -0.2) is 10.9 Å². The molecule has 3 aromatic carbocycles. The minimum absolute atomic E-state index is 0.111. The van der Waals surface area contributed by atoms with Gasteiger partial charge < -0.3 is 5.32 Å². The smallest absolute Gasteiger partial charge is 0.251 e. The van der Waals surface area contributed by atoms with Crippen molar-refractivity contribution in [1.29, 1.82) is 0 Å². The second-order valence-corrected chi connectivity index (χ2v) is 6.74. The SMILES string of the molecule is O=C(NCc1ccc(Cl)cc1)c1cccc(-c2cnc3ccccc3c2)c1. The molecule has 0 aliphatic heterocycles. The normalized spacial score (nSPS) is 10.7. The maximum atomic E-state index is 12.5. The topological polar surface area (TPSA) is 42.0 Å². The summed E-state index contributed by atoms with van der Waals surface area (Å²) in [4.78, 5) is 17.0. The van der Waals surface area contributed by atoms with Gasteiger partial charge in [-0.25, -0.2) is 0 Å². The molecule has 0 aliphatic rings. The van der Waals surface area contributed by atoms with Crippen LogP contribution in [0.5, 0.6) is 0 Å². The van der Waals surface area contributed by atoms with Crippen molar-refractivity contribution in [3.05, 3.63) is 101 Å². The Bertz CT molecular complexity index is 1110. The molecule has 1 aromatic heterocycles. The first-order chi connectivity index (χ1) is 13.2. The van der Waals surface area contributed by atoms with Crippen LogP contribution in [0.25, 0.3) is 22.0 Å². The number of rotatable bonds is 4. The zero-order chi connectivity index (χ0) is 18.6. The standard InChI is InChI=1S/C23H17ClN2O/c24-21-10-8-16(9-11-21)14-26-23(27)19-6-3-5-17(12-19)20-13-18-4-1-2-7-22(18)25-15-20/h1-13,15H,14H2,(H,26,27). The Morgan fingerprint density at radius 3 is 2.56 bits per heavy atom. The number of nitrogens with zero attached hydrogens (tertiary/aromatic N) is 1. The Labute approximate surface area is 162 Å². The highest BCUT2D eigenvalue weighted by atomic mass is 35.5. The van der Waals surface area contributed by atoms with Crippen molar-refractivity contribution in [2.45, 2.75) is 6.54 Å². The highest BCUT2D eigenvalue weighted by Crippen LogP contribution is 2.23. The lowest BCUT2D eigenvalue weighted by molar-refractivity contribution is 0.0951. The number of halogens is 1. The third-order valence-corrected chi connectivity index (χ3v) is 4.67. The second kappa shape index (κ2) is 7.60. The van der Waals surface area contributed by atoms with Crippen molar-refractivity contribution in [2.75, 3.05) is 0 Å². The zero-order valence-corrected chi connectivity index (χ0v) is 15.3. The highest BCUT2D eigenvalue weighted by molar-refractivity contribution is 6.30. The van der Waals surface area contributed by atoms with E-state index in [0.717, 1.165) is 27.6 Å². The van der Waals surface area contributed by atoms with E-state index in [2.05, 4.69) is 16.4 Å². The van der Waals surface area contributed by atoms with E-state index in [-0.39, 0.29) is 5.91 Å². The number of carbonyl (C=O) groups is 1. The summed E-state index contributed by atoms with van der Waals surface area (Å²) in [6, 6.07) is 25.1. The van der Waals surface area contributed by atoms with Crippen LogP contribution in [0, 0.1) is 0 Å². The van der Waals surface area contributed by atoms with Crippen LogP contribution in [0.4, 0.5) is 0 Å². The largest absolute Gasteiger partial charge is 0.348 e. The molecule has 4 rings (SSSR count). The molecule has 3 nitrogen and oxygen atoms in total. The van der Waals surface area contributed by atoms with Gasteiger partial charge >= 0.3 is 0 Å². The van der Waals surface area contributed by atoms with Crippen LogP contribution < -0.4 is 5.32 Å². The molecule has 132 valence electrons. The van der Waals surface area contributed by atoms with Gasteiger partial charge in [-0.3, -0.25) is 9.78 Å². The van der Waals surface area contributed by atoms with Crippen LogP contribution in [0.2, 0.25) is 5.02 Å². The van der Waals surface area contributed by atoms with Gasteiger partial charge in [0.2, 0.25) is 0 Å². The molecule has 0 unspecified atom stereocenters. The number of nitrogens with one attached hydrogen (secondary N) is 1. The molecule has 1 heterocycles. The molecule has 0 aliphatic carbocycles. The Balaban J connectivity index is 1.54. The number of carbonyl (C=O) groups excluding carboxylic acids is 1. The van der Waals surface area contributed by atoms with Gasteiger partial charge in [0.05, 0.1) is 5.52 Å². The summed E-state index contributed by atoms with van der Waals surface area (Å²) in [5.41, 5.74) is 4.53. The summed E-state index contributed by atoms with van der Waals surface area (Å²) in [6.45, 7) is 0.456. The fraction of sp³-hybridized carbons (Fsp3) is 0.0435. The fourth-order valence-corrected chi connectivity index (χ4v) is 3.08. The Kier molecular flexibility index (Phi) is 4.86. The third kappa shape index (κ3) is 3.99. The van der Waals surface area contributed by atoms with E-state index in [1.165, 1.54) is 0 Å². The van der Waals surface area contributed by atoms with Crippen LogP contribution in [0.1, 0.15) is 15.9 Å². The van der Waals surface area contributed by atoms with Crippen molar-refractivity contribution in [1.82, 2.24) is 10.3 Å². The average Bonchev–Trinajstić information content (AvgIpc) is 2.73. The summed E-state index contributed by atoms with van der Waals surface area (Å²) in [5.74, 6) is -0.111. The van der Waals surface area contributed by atoms with Gasteiger partial charge in [-0.1, -0.05) is 54.1 Å². The van der Waals surface area contributed by atoms with Gasteiger partial charge in [0.25, 0.3) is 5.91 Å². The first-order valence-corrected chi connectivity index (χ1v) is 9.05. The van der Waals surface area contributed by atoms with E-state index >= 15 is 0 Å². The predicted molar refractivity (Wildman–Crippen MR) is 110 cm³/mol. The Hall–Kier alpha value is -3.17. The molecule has 1 N–H and O–H groups in total. The van der Waals surface area contributed by atoms with E-state index < -0.39 is 0 Å². The van der Waals surface area contributed by atoms with Crippen molar-refractivity contribution < 1.29 is 4.79 Å². The van der Waals surface area contributed by atoms with E-state index in [1.54, 1.807) is 0 Å². The summed E-state index contributed by atoms with van der Waals surface area (Å²) in [6.07, 6.45) is 1.84. The minimum Gasteiger partial charge on any atom is -0.348 e. The van der Waals surface area contributed by atoms with Crippen molar-refractivity contribution in [3.63, 3.8) is 0 Å². The van der Waals surface area contributed by atoms with E-state index in [9.17, 15) is 4.79 Å². The van der Waals surface area contributed by atoms with Crippen LogP contribution >= 0.6 is 11.6 Å². The number of pyridine rings is 1. The number of aromatic nitrogens is 1. The number of para-hydroxylation sites is 1. The van der Waals surface area contributed by atoms with Crippen molar-refractivity contribution in [2.24, 2.45) is 0 Å². The van der Waals surface area contributed by atoms with E-state index in [4.69, 9.17) is 11.6 Å². The van der Waals surface area contributed by atoms with E-state index in [1.807, 2.05) is 79.0 Å².